The Labute approximate surface area is 268 Å². The van der Waals surface area contributed by atoms with Crippen LogP contribution in [0.25, 0.3) is 0 Å². The summed E-state index contributed by atoms with van der Waals surface area (Å²) in [4.78, 5) is 47.8. The monoisotopic (exact) mass is 628 g/mol. The normalized spacial score (nSPS) is 13.8. The van der Waals surface area contributed by atoms with Crippen LogP contribution >= 0.6 is 0 Å². The largest absolute Gasteiger partial charge is 0.479 e. The number of hydrogen-bond acceptors (Lipinski definition) is 7. The molecule has 10 nitrogen and oxygen atoms in total. The Bertz CT molecular complexity index is 1070. The Morgan fingerprint density at radius 3 is 1.69 bits per heavy atom. The standard InChI is InChI=1S/C35H52N2O8/c1-3-4-5-6-7-8-9-10-11-12-13-14-15-16-17-18-19-20-21-23-32(41)37-35(34(43)44,30(28-38)29-39)26-22-27-36-31(40)24-25-33(42)45-2/h4-5,7-8,10-11,13-14,16-17,19-20,24-25,30,38-39H,3,6,9,12,15,18,21-23,26-29H2,1-2H3,(H,36,40)(H,37,41)(H,43,44)/t35-/m0/s1. The van der Waals surface area contributed by atoms with Crippen LogP contribution in [0.15, 0.2) is 85.1 Å². The van der Waals surface area contributed by atoms with E-state index in [0.29, 0.717) is 12.8 Å². The molecule has 0 aromatic heterocycles. The summed E-state index contributed by atoms with van der Waals surface area (Å²) in [6.45, 7) is 0.839. The van der Waals surface area contributed by atoms with E-state index in [1.165, 1.54) is 7.11 Å². The Hall–Kier alpha value is -4.02. The zero-order valence-electron chi connectivity index (χ0n) is 26.7. The van der Waals surface area contributed by atoms with Crippen molar-refractivity contribution >= 4 is 23.8 Å². The van der Waals surface area contributed by atoms with Gasteiger partial charge in [-0.3, -0.25) is 9.59 Å². The number of carboxylic acid groups (broad SMARTS) is 1. The molecule has 250 valence electrons. The van der Waals surface area contributed by atoms with E-state index in [0.717, 1.165) is 44.3 Å². The minimum Gasteiger partial charge on any atom is -0.479 e. The van der Waals surface area contributed by atoms with Gasteiger partial charge in [0.25, 0.3) is 0 Å². The first-order valence-corrected chi connectivity index (χ1v) is 15.5. The Morgan fingerprint density at radius 2 is 1.24 bits per heavy atom. The maximum atomic E-state index is 12.7. The molecule has 0 aromatic rings. The van der Waals surface area contributed by atoms with Crippen molar-refractivity contribution in [1.29, 1.82) is 0 Å². The molecule has 5 N–H and O–H groups in total. The number of esters is 1. The van der Waals surface area contributed by atoms with Gasteiger partial charge < -0.3 is 30.7 Å². The van der Waals surface area contributed by atoms with Crippen molar-refractivity contribution in [3.8, 4) is 0 Å². The van der Waals surface area contributed by atoms with Crippen molar-refractivity contribution in [1.82, 2.24) is 10.6 Å². The summed E-state index contributed by atoms with van der Waals surface area (Å²) in [5.74, 6) is -4.36. The number of aliphatic hydroxyl groups excluding tert-OH is 2. The summed E-state index contributed by atoms with van der Waals surface area (Å²) in [5.41, 5.74) is -1.92. The van der Waals surface area contributed by atoms with Crippen molar-refractivity contribution in [2.24, 2.45) is 5.92 Å². The molecule has 0 spiro atoms. The summed E-state index contributed by atoms with van der Waals surface area (Å²) in [5, 5.41) is 34.5. The third-order valence-electron chi connectivity index (χ3n) is 6.64. The van der Waals surface area contributed by atoms with Crippen molar-refractivity contribution in [2.75, 3.05) is 26.9 Å². The number of amides is 2. The third-order valence-corrected chi connectivity index (χ3v) is 6.64. The number of aliphatic hydroxyl groups is 2. The molecular formula is C35H52N2O8. The number of carboxylic acids is 1. The van der Waals surface area contributed by atoms with Gasteiger partial charge in [-0.25, -0.2) is 9.59 Å². The minimum atomic E-state index is -1.92. The van der Waals surface area contributed by atoms with Gasteiger partial charge in [0.2, 0.25) is 11.8 Å². The van der Waals surface area contributed by atoms with Gasteiger partial charge in [0.05, 0.1) is 20.3 Å². The van der Waals surface area contributed by atoms with Gasteiger partial charge in [-0.05, 0) is 57.8 Å². The zero-order valence-corrected chi connectivity index (χ0v) is 26.7. The molecule has 0 rings (SSSR count). The van der Waals surface area contributed by atoms with Gasteiger partial charge in [0.15, 0.2) is 0 Å². The minimum absolute atomic E-state index is 0.0236. The molecule has 0 saturated heterocycles. The van der Waals surface area contributed by atoms with Crippen LogP contribution in [0.1, 0.15) is 71.1 Å². The summed E-state index contributed by atoms with van der Waals surface area (Å²) in [6.07, 6.45) is 32.8. The van der Waals surface area contributed by atoms with E-state index in [1.807, 2.05) is 18.2 Å². The lowest BCUT2D eigenvalue weighted by Crippen LogP contribution is -2.61. The van der Waals surface area contributed by atoms with Crippen LogP contribution in [-0.4, -0.2) is 71.5 Å². The number of hydrogen-bond donors (Lipinski definition) is 5. The van der Waals surface area contributed by atoms with Crippen LogP contribution < -0.4 is 10.6 Å². The highest BCUT2D eigenvalue weighted by Gasteiger charge is 2.46. The number of carbonyl (C=O) groups is 4. The number of allylic oxidation sites excluding steroid dienone is 12. The van der Waals surface area contributed by atoms with Crippen LogP contribution in [0.4, 0.5) is 0 Å². The maximum absolute atomic E-state index is 12.7. The lowest BCUT2D eigenvalue weighted by atomic mass is 9.80. The summed E-state index contributed by atoms with van der Waals surface area (Å²) in [6, 6.07) is 0. The highest BCUT2D eigenvalue weighted by Crippen LogP contribution is 2.24. The third kappa shape index (κ3) is 20.5. The first-order valence-electron chi connectivity index (χ1n) is 15.5. The van der Waals surface area contributed by atoms with Crippen LogP contribution in [0.2, 0.25) is 0 Å². The molecule has 0 fully saturated rings. The molecule has 0 aromatic carbocycles. The molecule has 0 aliphatic carbocycles. The summed E-state index contributed by atoms with van der Waals surface area (Å²) >= 11 is 0. The van der Waals surface area contributed by atoms with Crippen LogP contribution in [-0.2, 0) is 23.9 Å². The van der Waals surface area contributed by atoms with Gasteiger partial charge in [0, 0.05) is 31.0 Å². The number of methoxy groups -OCH3 is 1. The van der Waals surface area contributed by atoms with E-state index in [-0.39, 0.29) is 25.8 Å². The smallest absolute Gasteiger partial charge is 0.330 e. The van der Waals surface area contributed by atoms with Gasteiger partial charge >= 0.3 is 11.9 Å². The Kier molecular flexibility index (Phi) is 25.1. The van der Waals surface area contributed by atoms with E-state index in [1.54, 1.807) is 0 Å². The van der Waals surface area contributed by atoms with Gasteiger partial charge in [-0.15, -0.1) is 0 Å². The van der Waals surface area contributed by atoms with Gasteiger partial charge in [-0.2, -0.15) is 0 Å². The van der Waals surface area contributed by atoms with Crippen molar-refractivity contribution in [3.05, 3.63) is 85.1 Å². The second kappa shape index (κ2) is 27.5. The fraction of sp³-hybridized carbons (Fsp3) is 0.486. The molecule has 0 unspecified atom stereocenters. The number of rotatable bonds is 25. The molecule has 10 heteroatoms. The molecular weight excluding hydrogens is 576 g/mol. The predicted octanol–water partition coefficient (Wildman–Crippen LogP) is 4.63. The SMILES string of the molecule is CCC=CCC=CCC=CCC=CCC=CCC=CCCC(=O)N[C@](CCCNC(=O)C=CC(=O)OC)(C(=O)O)C(CO)CO. The quantitative estimate of drug-likeness (QED) is 0.0423. The predicted molar refractivity (Wildman–Crippen MR) is 177 cm³/mol. The van der Waals surface area contributed by atoms with Crippen LogP contribution in [0.3, 0.4) is 0 Å². The number of nitrogens with one attached hydrogen (secondary N) is 2. The Balaban J connectivity index is 4.59. The number of ether oxygens (including phenoxy) is 1. The molecule has 0 heterocycles. The fourth-order valence-electron chi connectivity index (χ4n) is 4.09. The number of aliphatic carboxylic acids is 1. The maximum Gasteiger partial charge on any atom is 0.330 e. The topological polar surface area (TPSA) is 162 Å². The summed E-state index contributed by atoms with van der Waals surface area (Å²) in [7, 11) is 1.17. The van der Waals surface area contributed by atoms with E-state index in [2.05, 4.69) is 77.0 Å². The van der Waals surface area contributed by atoms with Crippen LogP contribution in [0, 0.1) is 5.92 Å². The second-order valence-corrected chi connectivity index (χ2v) is 10.1. The molecule has 45 heavy (non-hydrogen) atoms. The number of carbonyl (C=O) groups excluding carboxylic acids is 3. The average Bonchev–Trinajstić information content (AvgIpc) is 3.03. The first kappa shape index (κ1) is 41.0. The molecule has 0 saturated carbocycles. The van der Waals surface area contributed by atoms with E-state index >= 15 is 0 Å². The van der Waals surface area contributed by atoms with Gasteiger partial charge in [0.1, 0.15) is 5.54 Å². The average molecular weight is 629 g/mol. The first-order chi connectivity index (χ1) is 21.8. The lowest BCUT2D eigenvalue weighted by Gasteiger charge is -2.36. The van der Waals surface area contributed by atoms with Gasteiger partial charge in [-0.1, -0.05) is 79.8 Å². The molecule has 0 bridgehead atoms. The molecule has 1 atom stereocenters. The zero-order chi connectivity index (χ0) is 33.6. The van der Waals surface area contributed by atoms with Crippen LogP contribution in [0.5, 0.6) is 0 Å². The summed E-state index contributed by atoms with van der Waals surface area (Å²) < 4.78 is 4.40. The van der Waals surface area contributed by atoms with E-state index in [9.17, 15) is 34.5 Å². The van der Waals surface area contributed by atoms with E-state index in [4.69, 9.17) is 0 Å². The highest BCUT2D eigenvalue weighted by molar-refractivity contribution is 5.94. The van der Waals surface area contributed by atoms with Crippen molar-refractivity contribution in [2.45, 2.75) is 76.7 Å². The van der Waals surface area contributed by atoms with Crippen molar-refractivity contribution in [3.63, 3.8) is 0 Å². The molecule has 0 aliphatic rings. The van der Waals surface area contributed by atoms with E-state index < -0.39 is 48.4 Å². The molecule has 0 aliphatic heterocycles. The lowest BCUT2D eigenvalue weighted by molar-refractivity contribution is -0.153. The van der Waals surface area contributed by atoms with Crippen molar-refractivity contribution < 1.29 is 39.2 Å². The molecule has 0 radical (unpaired) electrons. The molecule has 2 amide bonds. The fourth-order valence-corrected chi connectivity index (χ4v) is 4.09. The second-order valence-electron chi connectivity index (χ2n) is 10.1. The Morgan fingerprint density at radius 1 is 0.756 bits per heavy atom. The highest BCUT2D eigenvalue weighted by atomic mass is 16.5.